The van der Waals surface area contributed by atoms with Crippen molar-refractivity contribution in [1.82, 2.24) is 15.2 Å². The third-order valence-corrected chi connectivity index (χ3v) is 4.08. The number of hydrogen-bond donors (Lipinski definition) is 1. The fourth-order valence-corrected chi connectivity index (χ4v) is 2.92. The van der Waals surface area contributed by atoms with Crippen LogP contribution in [-0.4, -0.2) is 34.4 Å². The molecule has 0 spiro atoms. The molecule has 1 aliphatic heterocycles. The average molecular weight is 316 g/mol. The number of benzene rings is 1. The molecule has 2 heterocycles. The first kappa shape index (κ1) is 15.5. The number of halogens is 1. The van der Waals surface area contributed by atoms with Gasteiger partial charge in [0.1, 0.15) is 5.82 Å². The van der Waals surface area contributed by atoms with Gasteiger partial charge in [-0.1, -0.05) is 12.1 Å². The van der Waals surface area contributed by atoms with Gasteiger partial charge in [-0.15, -0.1) is 0 Å². The van der Waals surface area contributed by atoms with E-state index in [-0.39, 0.29) is 23.8 Å². The standard InChI is InChI=1S/C16H17FN4O2/c17-14-4-1-5-15(21(22)23)13(14)11-20-8-7-19-10-16(20)12-3-2-6-18-9-12/h1-6,9,16,19H,7-8,10-11H2. The number of aromatic nitrogens is 1. The zero-order valence-electron chi connectivity index (χ0n) is 12.5. The van der Waals surface area contributed by atoms with Gasteiger partial charge in [0.15, 0.2) is 0 Å². The first-order valence-corrected chi connectivity index (χ1v) is 7.43. The van der Waals surface area contributed by atoms with Gasteiger partial charge in [-0.25, -0.2) is 4.39 Å². The first-order chi connectivity index (χ1) is 11.2. The summed E-state index contributed by atoms with van der Waals surface area (Å²) in [5.41, 5.74) is 0.973. The van der Waals surface area contributed by atoms with Crippen LogP contribution in [0.25, 0.3) is 0 Å². The SMILES string of the molecule is O=[N+]([O-])c1cccc(F)c1CN1CCNCC1c1cccnc1. The molecule has 23 heavy (non-hydrogen) atoms. The Hall–Kier alpha value is -2.38. The molecule has 1 unspecified atom stereocenters. The Morgan fingerprint density at radius 3 is 3.00 bits per heavy atom. The maximum absolute atomic E-state index is 14.1. The van der Waals surface area contributed by atoms with Gasteiger partial charge in [-0.05, 0) is 17.7 Å². The maximum Gasteiger partial charge on any atom is 0.276 e. The molecule has 1 N–H and O–H groups in total. The molecular formula is C16H17FN4O2. The van der Waals surface area contributed by atoms with Crippen LogP contribution >= 0.6 is 0 Å². The predicted molar refractivity (Wildman–Crippen MR) is 83.3 cm³/mol. The van der Waals surface area contributed by atoms with Crippen molar-refractivity contribution in [3.05, 3.63) is 69.8 Å². The lowest BCUT2D eigenvalue weighted by Crippen LogP contribution is -2.45. The molecule has 1 aromatic carbocycles. The van der Waals surface area contributed by atoms with Crippen LogP contribution in [0.1, 0.15) is 17.2 Å². The molecule has 0 radical (unpaired) electrons. The number of piperazine rings is 1. The molecule has 1 fully saturated rings. The fourth-order valence-electron chi connectivity index (χ4n) is 2.92. The van der Waals surface area contributed by atoms with Crippen LogP contribution in [0.4, 0.5) is 10.1 Å². The van der Waals surface area contributed by atoms with Crippen LogP contribution in [0, 0.1) is 15.9 Å². The molecule has 0 aliphatic carbocycles. The van der Waals surface area contributed by atoms with E-state index in [9.17, 15) is 14.5 Å². The van der Waals surface area contributed by atoms with E-state index >= 15 is 0 Å². The summed E-state index contributed by atoms with van der Waals surface area (Å²) in [7, 11) is 0. The van der Waals surface area contributed by atoms with Crippen molar-refractivity contribution in [2.45, 2.75) is 12.6 Å². The summed E-state index contributed by atoms with van der Waals surface area (Å²) >= 11 is 0. The Bertz CT molecular complexity index is 696. The lowest BCUT2D eigenvalue weighted by atomic mass is 10.0. The summed E-state index contributed by atoms with van der Waals surface area (Å²) in [6.45, 7) is 2.35. The average Bonchev–Trinajstić information content (AvgIpc) is 2.58. The van der Waals surface area contributed by atoms with Crippen molar-refractivity contribution in [3.8, 4) is 0 Å². The van der Waals surface area contributed by atoms with Gasteiger partial charge < -0.3 is 5.32 Å². The third-order valence-electron chi connectivity index (χ3n) is 4.08. The van der Waals surface area contributed by atoms with Crippen molar-refractivity contribution in [1.29, 1.82) is 0 Å². The lowest BCUT2D eigenvalue weighted by molar-refractivity contribution is -0.386. The zero-order chi connectivity index (χ0) is 16.2. The highest BCUT2D eigenvalue weighted by molar-refractivity contribution is 5.41. The number of nitro groups is 1. The minimum absolute atomic E-state index is 0.0108. The second-order valence-electron chi connectivity index (χ2n) is 5.47. The summed E-state index contributed by atoms with van der Waals surface area (Å²) in [6, 6.07) is 7.81. The summed E-state index contributed by atoms with van der Waals surface area (Å²) in [5.74, 6) is -0.539. The maximum atomic E-state index is 14.1. The molecular weight excluding hydrogens is 299 g/mol. The van der Waals surface area contributed by atoms with Crippen molar-refractivity contribution in [2.75, 3.05) is 19.6 Å². The Morgan fingerprint density at radius 2 is 2.26 bits per heavy atom. The lowest BCUT2D eigenvalue weighted by Gasteiger charge is -2.36. The van der Waals surface area contributed by atoms with Crippen LogP contribution in [0.5, 0.6) is 0 Å². The van der Waals surface area contributed by atoms with Gasteiger partial charge in [-0.3, -0.25) is 20.0 Å². The smallest absolute Gasteiger partial charge is 0.276 e. The van der Waals surface area contributed by atoms with Crippen molar-refractivity contribution < 1.29 is 9.31 Å². The molecule has 3 rings (SSSR count). The van der Waals surface area contributed by atoms with Gasteiger partial charge in [0, 0.05) is 50.7 Å². The van der Waals surface area contributed by atoms with Gasteiger partial charge in [-0.2, -0.15) is 0 Å². The molecule has 0 amide bonds. The van der Waals surface area contributed by atoms with E-state index in [0.717, 1.165) is 12.1 Å². The molecule has 1 aliphatic rings. The second kappa shape index (κ2) is 6.80. The van der Waals surface area contributed by atoms with E-state index in [1.54, 1.807) is 12.4 Å². The van der Waals surface area contributed by atoms with Crippen LogP contribution in [0.15, 0.2) is 42.7 Å². The number of nitrogens with zero attached hydrogens (tertiary/aromatic N) is 3. The molecule has 2 aromatic rings. The van der Waals surface area contributed by atoms with Crippen LogP contribution in [-0.2, 0) is 6.54 Å². The largest absolute Gasteiger partial charge is 0.314 e. The molecule has 6 nitrogen and oxygen atoms in total. The Labute approximate surface area is 133 Å². The van der Waals surface area contributed by atoms with E-state index in [0.29, 0.717) is 13.1 Å². The molecule has 1 atom stereocenters. The van der Waals surface area contributed by atoms with Gasteiger partial charge >= 0.3 is 0 Å². The van der Waals surface area contributed by atoms with Crippen molar-refractivity contribution in [3.63, 3.8) is 0 Å². The number of rotatable bonds is 4. The second-order valence-corrected chi connectivity index (χ2v) is 5.47. The van der Waals surface area contributed by atoms with E-state index in [4.69, 9.17) is 0 Å². The van der Waals surface area contributed by atoms with Crippen molar-refractivity contribution >= 4 is 5.69 Å². The predicted octanol–water partition coefficient (Wildman–Crippen LogP) is 2.28. The normalized spacial score (nSPS) is 18.7. The molecule has 1 aromatic heterocycles. The van der Waals surface area contributed by atoms with Gasteiger partial charge in [0.05, 0.1) is 10.5 Å². The van der Waals surface area contributed by atoms with Crippen LogP contribution in [0.3, 0.4) is 0 Å². The van der Waals surface area contributed by atoms with E-state index in [1.165, 1.54) is 18.2 Å². The monoisotopic (exact) mass is 316 g/mol. The van der Waals surface area contributed by atoms with Gasteiger partial charge in [0.25, 0.3) is 5.69 Å². The number of hydrogen-bond acceptors (Lipinski definition) is 5. The quantitative estimate of drug-likeness (QED) is 0.692. The summed E-state index contributed by atoms with van der Waals surface area (Å²) < 4.78 is 14.1. The van der Waals surface area contributed by atoms with E-state index < -0.39 is 10.7 Å². The Kier molecular flexibility index (Phi) is 4.59. The summed E-state index contributed by atoms with van der Waals surface area (Å²) in [4.78, 5) is 16.8. The number of nitrogens with one attached hydrogen (secondary N) is 1. The molecule has 0 saturated carbocycles. The van der Waals surface area contributed by atoms with E-state index in [2.05, 4.69) is 15.2 Å². The van der Waals surface area contributed by atoms with Crippen LogP contribution < -0.4 is 5.32 Å². The number of nitro benzene ring substituents is 1. The van der Waals surface area contributed by atoms with E-state index in [1.807, 2.05) is 12.1 Å². The highest BCUT2D eigenvalue weighted by Crippen LogP contribution is 2.28. The molecule has 0 bridgehead atoms. The minimum atomic E-state index is -0.539. The molecule has 7 heteroatoms. The Morgan fingerprint density at radius 1 is 1.39 bits per heavy atom. The third kappa shape index (κ3) is 3.35. The first-order valence-electron chi connectivity index (χ1n) is 7.43. The van der Waals surface area contributed by atoms with Gasteiger partial charge in [0.2, 0.25) is 0 Å². The summed E-state index contributed by atoms with van der Waals surface area (Å²) in [6.07, 6.45) is 3.48. The summed E-state index contributed by atoms with van der Waals surface area (Å²) in [5, 5.41) is 14.5. The molecule has 120 valence electrons. The van der Waals surface area contributed by atoms with Crippen LogP contribution in [0.2, 0.25) is 0 Å². The number of pyridine rings is 1. The highest BCUT2D eigenvalue weighted by Gasteiger charge is 2.27. The Balaban J connectivity index is 1.90. The molecule has 1 saturated heterocycles. The van der Waals surface area contributed by atoms with Crippen molar-refractivity contribution in [2.24, 2.45) is 0 Å². The topological polar surface area (TPSA) is 71.3 Å². The zero-order valence-corrected chi connectivity index (χ0v) is 12.5. The highest BCUT2D eigenvalue weighted by atomic mass is 19.1. The minimum Gasteiger partial charge on any atom is -0.314 e. The fraction of sp³-hybridized carbons (Fsp3) is 0.312.